The summed E-state index contributed by atoms with van der Waals surface area (Å²) in [6.45, 7) is 6.33. The van der Waals surface area contributed by atoms with Gasteiger partial charge in [0.2, 0.25) is 0 Å². The third-order valence-electron chi connectivity index (χ3n) is 3.19. The molecular weight excluding hydrogens is 216 g/mol. The first-order valence-electron chi connectivity index (χ1n) is 6.11. The van der Waals surface area contributed by atoms with Gasteiger partial charge in [0.1, 0.15) is 0 Å². The van der Waals surface area contributed by atoms with Crippen LogP contribution in [0.2, 0.25) is 0 Å². The predicted octanol–water partition coefficient (Wildman–Crippen LogP) is 2.94. The lowest BCUT2D eigenvalue weighted by Gasteiger charge is -2.31. The van der Waals surface area contributed by atoms with E-state index in [4.69, 9.17) is 5.73 Å². The number of hydrogen-bond acceptors (Lipinski definition) is 3. The molecular formula is C13H24N2S. The fraction of sp³-hybridized carbons (Fsp3) is 0.692. The summed E-state index contributed by atoms with van der Waals surface area (Å²) < 4.78 is 0. The average Bonchev–Trinajstić information content (AvgIpc) is 2.71. The van der Waals surface area contributed by atoms with Crippen LogP contribution in [0.5, 0.6) is 0 Å². The van der Waals surface area contributed by atoms with Crippen LogP contribution in [0.4, 0.5) is 0 Å². The highest BCUT2D eigenvalue weighted by Crippen LogP contribution is 2.18. The lowest BCUT2D eigenvalue weighted by Crippen LogP contribution is -2.42. The van der Waals surface area contributed by atoms with Gasteiger partial charge in [-0.3, -0.25) is 4.90 Å². The number of thiophene rings is 1. The maximum absolute atomic E-state index is 5.90. The summed E-state index contributed by atoms with van der Waals surface area (Å²) in [5, 5.41) is 2.14. The highest BCUT2D eigenvalue weighted by atomic mass is 32.1. The first-order chi connectivity index (χ1) is 7.69. The van der Waals surface area contributed by atoms with Crippen molar-refractivity contribution in [1.82, 2.24) is 4.90 Å². The van der Waals surface area contributed by atoms with Gasteiger partial charge in [-0.25, -0.2) is 0 Å². The van der Waals surface area contributed by atoms with Crippen molar-refractivity contribution in [3.63, 3.8) is 0 Å². The Morgan fingerprint density at radius 3 is 2.75 bits per heavy atom. The summed E-state index contributed by atoms with van der Waals surface area (Å²) in [4.78, 5) is 3.82. The van der Waals surface area contributed by atoms with Gasteiger partial charge in [-0.2, -0.15) is 0 Å². The van der Waals surface area contributed by atoms with Crippen LogP contribution in [0.15, 0.2) is 17.5 Å². The van der Waals surface area contributed by atoms with Crippen LogP contribution < -0.4 is 5.73 Å². The molecule has 3 heteroatoms. The van der Waals surface area contributed by atoms with Gasteiger partial charge in [0.25, 0.3) is 0 Å². The number of rotatable bonds is 7. The smallest absolute Gasteiger partial charge is 0.0328 e. The van der Waals surface area contributed by atoms with Crippen molar-refractivity contribution in [1.29, 1.82) is 0 Å². The highest BCUT2D eigenvalue weighted by molar-refractivity contribution is 7.09. The van der Waals surface area contributed by atoms with Crippen LogP contribution >= 0.6 is 11.3 Å². The molecule has 2 unspecified atom stereocenters. The summed E-state index contributed by atoms with van der Waals surface area (Å²) in [5.74, 6) is 0.681. The van der Waals surface area contributed by atoms with Gasteiger partial charge in [-0.15, -0.1) is 11.3 Å². The van der Waals surface area contributed by atoms with Crippen LogP contribution in [0.25, 0.3) is 0 Å². The zero-order valence-corrected chi connectivity index (χ0v) is 11.5. The molecule has 0 spiro atoms. The molecule has 0 bridgehead atoms. The van der Waals surface area contributed by atoms with Gasteiger partial charge in [-0.1, -0.05) is 26.3 Å². The monoisotopic (exact) mass is 240 g/mol. The molecule has 2 N–H and O–H groups in total. The molecule has 1 aromatic rings. The van der Waals surface area contributed by atoms with Crippen LogP contribution in [0.1, 0.15) is 31.6 Å². The first kappa shape index (κ1) is 13.7. The molecule has 0 aromatic carbocycles. The Morgan fingerprint density at radius 2 is 2.25 bits per heavy atom. The lowest BCUT2D eigenvalue weighted by molar-refractivity contribution is 0.176. The maximum Gasteiger partial charge on any atom is 0.0328 e. The van der Waals surface area contributed by atoms with E-state index in [-0.39, 0.29) is 0 Å². The molecule has 0 aliphatic rings. The Hall–Kier alpha value is -0.380. The minimum absolute atomic E-state index is 0.502. The number of hydrogen-bond donors (Lipinski definition) is 1. The number of nitrogens with zero attached hydrogens (tertiary/aromatic N) is 1. The Bertz CT molecular complexity index is 271. The molecule has 1 heterocycles. The Balaban J connectivity index is 2.51. The van der Waals surface area contributed by atoms with Crippen molar-refractivity contribution in [3.05, 3.63) is 22.4 Å². The van der Waals surface area contributed by atoms with Crippen molar-refractivity contribution in [2.75, 3.05) is 13.6 Å². The zero-order valence-electron chi connectivity index (χ0n) is 10.6. The third-order valence-corrected chi connectivity index (χ3v) is 4.06. The third kappa shape index (κ3) is 3.89. The van der Waals surface area contributed by atoms with Crippen molar-refractivity contribution >= 4 is 11.3 Å². The van der Waals surface area contributed by atoms with Gasteiger partial charge in [0, 0.05) is 24.0 Å². The van der Waals surface area contributed by atoms with Gasteiger partial charge in [0.05, 0.1) is 0 Å². The second-order valence-corrected chi connectivity index (χ2v) is 5.60. The summed E-state index contributed by atoms with van der Waals surface area (Å²) in [6.07, 6.45) is 2.50. The van der Waals surface area contributed by atoms with Gasteiger partial charge in [0.15, 0.2) is 0 Å². The molecule has 2 nitrogen and oxygen atoms in total. The van der Waals surface area contributed by atoms with Crippen LogP contribution in [0.3, 0.4) is 0 Å². The van der Waals surface area contributed by atoms with E-state index in [9.17, 15) is 0 Å². The van der Waals surface area contributed by atoms with E-state index in [0.717, 1.165) is 13.1 Å². The molecule has 2 atom stereocenters. The van der Waals surface area contributed by atoms with Crippen molar-refractivity contribution < 1.29 is 0 Å². The van der Waals surface area contributed by atoms with Crippen LogP contribution in [0, 0.1) is 5.92 Å². The molecule has 0 fully saturated rings. The van der Waals surface area contributed by atoms with Gasteiger partial charge < -0.3 is 5.73 Å². The Labute approximate surface area is 103 Å². The average molecular weight is 240 g/mol. The van der Waals surface area contributed by atoms with Crippen LogP contribution in [-0.4, -0.2) is 24.5 Å². The van der Waals surface area contributed by atoms with E-state index in [1.807, 2.05) is 11.3 Å². The van der Waals surface area contributed by atoms with E-state index in [2.05, 4.69) is 43.3 Å². The molecule has 0 saturated heterocycles. The molecule has 1 aromatic heterocycles. The highest BCUT2D eigenvalue weighted by Gasteiger charge is 2.19. The van der Waals surface area contributed by atoms with Crippen molar-refractivity contribution in [3.8, 4) is 0 Å². The maximum atomic E-state index is 5.90. The predicted molar refractivity (Wildman–Crippen MR) is 72.7 cm³/mol. The Morgan fingerprint density at radius 1 is 1.50 bits per heavy atom. The topological polar surface area (TPSA) is 29.3 Å². The number of likely N-dealkylation sites (N-methyl/N-ethyl adjacent to an activating group) is 1. The lowest BCUT2D eigenvalue weighted by atomic mass is 9.96. The normalized spacial score (nSPS) is 15.3. The van der Waals surface area contributed by atoms with E-state index in [1.54, 1.807) is 0 Å². The van der Waals surface area contributed by atoms with Gasteiger partial charge >= 0.3 is 0 Å². The molecule has 0 amide bonds. The largest absolute Gasteiger partial charge is 0.329 e. The molecule has 0 aliphatic carbocycles. The van der Waals surface area contributed by atoms with E-state index >= 15 is 0 Å². The van der Waals surface area contributed by atoms with Crippen LogP contribution in [-0.2, 0) is 6.54 Å². The molecule has 1 rings (SSSR count). The summed E-state index contributed by atoms with van der Waals surface area (Å²) in [5.41, 5.74) is 5.90. The SMILES string of the molecule is CCCC(C)C(CN)N(C)Cc1cccs1. The standard InChI is InChI=1S/C13H24N2S/c1-4-6-11(2)13(9-14)15(3)10-12-7-5-8-16-12/h5,7-8,11,13H,4,6,9-10,14H2,1-3H3. The molecule has 0 radical (unpaired) electrons. The summed E-state index contributed by atoms with van der Waals surface area (Å²) in [7, 11) is 2.18. The molecule has 0 saturated carbocycles. The fourth-order valence-corrected chi connectivity index (χ4v) is 3.03. The number of nitrogens with two attached hydrogens (primary N) is 1. The Kier molecular flexibility index (Phi) is 6.03. The second kappa shape index (κ2) is 7.05. The summed E-state index contributed by atoms with van der Waals surface area (Å²) >= 11 is 1.82. The minimum Gasteiger partial charge on any atom is -0.329 e. The quantitative estimate of drug-likeness (QED) is 0.794. The minimum atomic E-state index is 0.502. The van der Waals surface area contributed by atoms with Crippen molar-refractivity contribution in [2.45, 2.75) is 39.3 Å². The van der Waals surface area contributed by atoms with E-state index in [1.165, 1.54) is 17.7 Å². The molecule has 0 aliphatic heterocycles. The van der Waals surface area contributed by atoms with Gasteiger partial charge in [-0.05, 0) is 30.8 Å². The van der Waals surface area contributed by atoms with E-state index < -0.39 is 0 Å². The molecule has 92 valence electrons. The van der Waals surface area contributed by atoms with Crippen molar-refractivity contribution in [2.24, 2.45) is 11.7 Å². The second-order valence-electron chi connectivity index (χ2n) is 4.56. The first-order valence-corrected chi connectivity index (χ1v) is 6.99. The fourth-order valence-electron chi connectivity index (χ4n) is 2.26. The summed E-state index contributed by atoms with van der Waals surface area (Å²) in [6, 6.07) is 4.81. The van der Waals surface area contributed by atoms with E-state index in [0.29, 0.717) is 12.0 Å². The zero-order chi connectivity index (χ0) is 12.0. The molecule has 16 heavy (non-hydrogen) atoms.